The van der Waals surface area contributed by atoms with E-state index in [1.807, 2.05) is 6.07 Å². The van der Waals surface area contributed by atoms with Gasteiger partial charge in [0.25, 0.3) is 0 Å². The number of rotatable bonds is 2. The van der Waals surface area contributed by atoms with Gasteiger partial charge in [-0.3, -0.25) is 0 Å². The predicted octanol–water partition coefficient (Wildman–Crippen LogP) is 2.49. The number of nitrogens with zero attached hydrogens (tertiary/aromatic N) is 2. The highest BCUT2D eigenvalue weighted by Crippen LogP contribution is 2.30. The van der Waals surface area contributed by atoms with Gasteiger partial charge in [0, 0.05) is 19.3 Å². The topological polar surface area (TPSA) is 42.4 Å². The van der Waals surface area contributed by atoms with Crippen molar-refractivity contribution in [2.45, 2.75) is 26.7 Å². The number of carbonyl (C=O) groups excluding carboxylic acids is 1. The maximum Gasteiger partial charge on any atom is 0.338 e. The molecule has 2 rings (SSSR count). The molecule has 0 N–H and O–H groups in total. The molecule has 1 aliphatic heterocycles. The average Bonchev–Trinajstić information content (AvgIpc) is 2.37. The minimum absolute atomic E-state index is 0.307. The first-order valence-electron chi connectivity index (χ1n) is 6.31. The summed E-state index contributed by atoms with van der Waals surface area (Å²) < 4.78 is 4.73. The van der Waals surface area contributed by atoms with E-state index < -0.39 is 0 Å². The molecule has 0 amide bonds. The summed E-state index contributed by atoms with van der Waals surface area (Å²) in [4.78, 5) is 18.1. The van der Waals surface area contributed by atoms with Crippen molar-refractivity contribution in [3.05, 3.63) is 23.9 Å². The lowest BCUT2D eigenvalue weighted by molar-refractivity contribution is 0.0600. The highest BCUT2D eigenvalue weighted by atomic mass is 16.5. The summed E-state index contributed by atoms with van der Waals surface area (Å²) in [5, 5.41) is 0. The van der Waals surface area contributed by atoms with Crippen LogP contribution < -0.4 is 4.90 Å². The van der Waals surface area contributed by atoms with E-state index in [1.54, 1.807) is 12.3 Å². The van der Waals surface area contributed by atoms with E-state index >= 15 is 0 Å². The van der Waals surface area contributed by atoms with E-state index in [0.29, 0.717) is 11.0 Å². The molecule has 1 aromatic rings. The minimum atomic E-state index is -0.310. The van der Waals surface area contributed by atoms with Gasteiger partial charge in [-0.25, -0.2) is 9.78 Å². The molecule has 0 bridgehead atoms. The van der Waals surface area contributed by atoms with Crippen LogP contribution in [0.1, 0.15) is 37.0 Å². The van der Waals surface area contributed by atoms with Crippen molar-refractivity contribution < 1.29 is 9.53 Å². The number of anilines is 1. The Labute approximate surface area is 108 Å². The fourth-order valence-corrected chi connectivity index (χ4v) is 2.45. The Hall–Kier alpha value is -1.58. The largest absolute Gasteiger partial charge is 0.465 e. The number of esters is 1. The van der Waals surface area contributed by atoms with Crippen molar-refractivity contribution in [3.8, 4) is 0 Å². The van der Waals surface area contributed by atoms with Crippen LogP contribution in [0.5, 0.6) is 0 Å². The molecule has 18 heavy (non-hydrogen) atoms. The van der Waals surface area contributed by atoms with Gasteiger partial charge in [0.15, 0.2) is 0 Å². The van der Waals surface area contributed by atoms with Crippen LogP contribution in [0.25, 0.3) is 0 Å². The zero-order valence-corrected chi connectivity index (χ0v) is 11.3. The van der Waals surface area contributed by atoms with E-state index in [2.05, 4.69) is 23.7 Å². The van der Waals surface area contributed by atoms with Crippen molar-refractivity contribution in [2.24, 2.45) is 5.41 Å². The molecule has 1 fully saturated rings. The first kappa shape index (κ1) is 12.9. The van der Waals surface area contributed by atoms with Crippen LogP contribution in [0, 0.1) is 5.41 Å². The van der Waals surface area contributed by atoms with Gasteiger partial charge in [-0.05, 0) is 30.4 Å². The molecule has 0 saturated carbocycles. The fourth-order valence-electron chi connectivity index (χ4n) is 2.45. The Bertz CT molecular complexity index is 443. The van der Waals surface area contributed by atoms with Crippen LogP contribution >= 0.6 is 0 Å². The molecular formula is C14H20N2O2. The van der Waals surface area contributed by atoms with Crippen LogP contribution in [0.15, 0.2) is 18.3 Å². The van der Waals surface area contributed by atoms with E-state index in [4.69, 9.17) is 4.74 Å². The molecule has 0 aromatic carbocycles. The molecule has 1 saturated heterocycles. The summed E-state index contributed by atoms with van der Waals surface area (Å²) in [6.45, 7) is 6.51. The third kappa shape index (κ3) is 2.81. The number of methoxy groups -OCH3 is 1. The van der Waals surface area contributed by atoms with Crippen LogP contribution in [-0.2, 0) is 4.74 Å². The highest BCUT2D eigenvalue weighted by molar-refractivity contribution is 5.90. The Kier molecular flexibility index (Phi) is 3.55. The number of aromatic nitrogens is 1. The SMILES string of the molecule is COC(=O)c1ccnc(N2CCCC(C)(C)C2)c1. The predicted molar refractivity (Wildman–Crippen MR) is 70.8 cm³/mol. The number of carbonyl (C=O) groups is 1. The number of hydrogen-bond acceptors (Lipinski definition) is 4. The first-order valence-corrected chi connectivity index (χ1v) is 6.31. The van der Waals surface area contributed by atoms with E-state index in [0.717, 1.165) is 25.3 Å². The van der Waals surface area contributed by atoms with E-state index in [1.165, 1.54) is 13.5 Å². The number of ether oxygens (including phenoxy) is 1. The molecule has 0 unspecified atom stereocenters. The summed E-state index contributed by atoms with van der Waals surface area (Å²) in [5.74, 6) is 0.556. The smallest absolute Gasteiger partial charge is 0.338 e. The molecule has 1 aliphatic rings. The van der Waals surface area contributed by atoms with Crippen LogP contribution in [0.2, 0.25) is 0 Å². The van der Waals surface area contributed by atoms with Gasteiger partial charge in [-0.15, -0.1) is 0 Å². The Morgan fingerprint density at radius 3 is 2.94 bits per heavy atom. The van der Waals surface area contributed by atoms with Crippen LogP contribution in [0.3, 0.4) is 0 Å². The Morgan fingerprint density at radius 1 is 1.50 bits per heavy atom. The van der Waals surface area contributed by atoms with Gasteiger partial charge in [0.05, 0.1) is 12.7 Å². The van der Waals surface area contributed by atoms with Gasteiger partial charge in [-0.1, -0.05) is 13.8 Å². The monoisotopic (exact) mass is 248 g/mol. The molecule has 2 heterocycles. The van der Waals surface area contributed by atoms with Gasteiger partial charge < -0.3 is 9.64 Å². The second kappa shape index (κ2) is 4.96. The summed E-state index contributed by atoms with van der Waals surface area (Å²) in [6, 6.07) is 3.50. The molecule has 0 spiro atoms. The molecule has 0 radical (unpaired) electrons. The van der Waals surface area contributed by atoms with E-state index in [9.17, 15) is 4.79 Å². The summed E-state index contributed by atoms with van der Waals surface area (Å²) in [5.41, 5.74) is 0.868. The minimum Gasteiger partial charge on any atom is -0.465 e. The maximum absolute atomic E-state index is 11.5. The average molecular weight is 248 g/mol. The highest BCUT2D eigenvalue weighted by Gasteiger charge is 2.27. The molecule has 0 aliphatic carbocycles. The number of pyridine rings is 1. The normalized spacial score (nSPS) is 18.5. The zero-order valence-electron chi connectivity index (χ0n) is 11.3. The standard InChI is InChI=1S/C14H20N2O2/c1-14(2)6-4-8-16(10-14)12-9-11(5-7-15-12)13(17)18-3/h5,7,9H,4,6,8,10H2,1-3H3. The van der Waals surface area contributed by atoms with Crippen LogP contribution in [-0.4, -0.2) is 31.2 Å². The second-order valence-electron chi connectivity index (χ2n) is 5.58. The molecular weight excluding hydrogens is 228 g/mol. The Balaban J connectivity index is 2.20. The van der Waals surface area contributed by atoms with Gasteiger partial charge >= 0.3 is 5.97 Å². The summed E-state index contributed by atoms with van der Waals surface area (Å²) >= 11 is 0. The maximum atomic E-state index is 11.5. The lowest BCUT2D eigenvalue weighted by Gasteiger charge is -2.38. The van der Waals surface area contributed by atoms with Crippen LogP contribution in [0.4, 0.5) is 5.82 Å². The second-order valence-corrected chi connectivity index (χ2v) is 5.58. The quantitative estimate of drug-likeness (QED) is 0.754. The third-order valence-corrected chi connectivity index (χ3v) is 3.39. The van der Waals surface area contributed by atoms with Gasteiger partial charge in [0.2, 0.25) is 0 Å². The summed E-state index contributed by atoms with van der Waals surface area (Å²) in [7, 11) is 1.40. The fraction of sp³-hybridized carbons (Fsp3) is 0.571. The van der Waals surface area contributed by atoms with Gasteiger partial charge in [0.1, 0.15) is 5.82 Å². The van der Waals surface area contributed by atoms with Crippen molar-refractivity contribution in [1.82, 2.24) is 4.98 Å². The Morgan fingerprint density at radius 2 is 2.28 bits per heavy atom. The number of piperidine rings is 1. The van der Waals surface area contributed by atoms with Crippen molar-refractivity contribution in [3.63, 3.8) is 0 Å². The molecule has 1 aromatic heterocycles. The van der Waals surface area contributed by atoms with Crippen molar-refractivity contribution >= 4 is 11.8 Å². The molecule has 0 atom stereocenters. The molecule has 98 valence electrons. The van der Waals surface area contributed by atoms with E-state index in [-0.39, 0.29) is 5.97 Å². The number of hydrogen-bond donors (Lipinski definition) is 0. The summed E-state index contributed by atoms with van der Waals surface area (Å²) in [6.07, 6.45) is 4.07. The molecule has 4 heteroatoms. The van der Waals surface area contributed by atoms with Crippen molar-refractivity contribution in [1.29, 1.82) is 0 Å². The lowest BCUT2D eigenvalue weighted by atomic mass is 9.84. The lowest BCUT2D eigenvalue weighted by Crippen LogP contribution is -2.40. The first-order chi connectivity index (χ1) is 8.52. The third-order valence-electron chi connectivity index (χ3n) is 3.39. The van der Waals surface area contributed by atoms with Crippen molar-refractivity contribution in [2.75, 3.05) is 25.1 Å². The van der Waals surface area contributed by atoms with Gasteiger partial charge in [-0.2, -0.15) is 0 Å². The molecule has 4 nitrogen and oxygen atoms in total. The zero-order chi connectivity index (χ0) is 13.2.